The minimum absolute atomic E-state index is 0.267. The highest BCUT2D eigenvalue weighted by atomic mass is 16.5. The molecule has 0 atom stereocenters. The fraction of sp³-hybridized carbons (Fsp3) is 0.343. The zero-order chi connectivity index (χ0) is 29.1. The topological polar surface area (TPSA) is 71.2 Å². The van der Waals surface area contributed by atoms with Crippen molar-refractivity contribution in [1.82, 2.24) is 19.1 Å². The summed E-state index contributed by atoms with van der Waals surface area (Å²) in [5.74, 6) is 1.41. The van der Waals surface area contributed by atoms with Gasteiger partial charge in [-0.1, -0.05) is 55.8 Å². The van der Waals surface area contributed by atoms with E-state index in [1.165, 1.54) is 24.2 Å². The molecular weight excluding hydrogens is 524 g/mol. The molecule has 6 rings (SSSR count). The number of aryl methyl sites for hydroxylation is 1. The Morgan fingerprint density at radius 3 is 2.60 bits per heavy atom. The maximum Gasteiger partial charge on any atom is 0.338 e. The second-order valence-electron chi connectivity index (χ2n) is 11.2. The molecular formula is C35H38N4O3. The molecule has 2 heterocycles. The Hall–Kier alpha value is -4.23. The number of methoxy groups -OCH3 is 1. The summed E-state index contributed by atoms with van der Waals surface area (Å²) < 4.78 is 15.2. The predicted molar refractivity (Wildman–Crippen MR) is 166 cm³/mol. The quantitative estimate of drug-likeness (QED) is 0.117. The Morgan fingerprint density at radius 2 is 1.83 bits per heavy atom. The van der Waals surface area contributed by atoms with Crippen molar-refractivity contribution < 1.29 is 14.3 Å². The molecule has 5 aromatic rings. The van der Waals surface area contributed by atoms with E-state index in [4.69, 9.17) is 14.5 Å². The number of rotatable bonds is 12. The smallest absolute Gasteiger partial charge is 0.338 e. The SMILES string of the molecule is CCCCOC(=O)c1ccccc1-c1ccc(Cn2c(C3CC3)nc3c(C)cc(-c4cn(CCOC)cn4)cc32)cc1. The second-order valence-corrected chi connectivity index (χ2v) is 11.2. The van der Waals surface area contributed by atoms with Crippen molar-refractivity contribution in [3.63, 3.8) is 0 Å². The highest BCUT2D eigenvalue weighted by Crippen LogP contribution is 2.42. The maximum absolute atomic E-state index is 12.8. The molecule has 216 valence electrons. The van der Waals surface area contributed by atoms with Gasteiger partial charge in [0.2, 0.25) is 0 Å². The zero-order valence-electron chi connectivity index (χ0n) is 24.7. The van der Waals surface area contributed by atoms with Crippen molar-refractivity contribution >= 4 is 17.0 Å². The molecule has 0 aliphatic heterocycles. The standard InChI is InChI=1S/C35H38N4O3/c1-4-5-17-42-35(40)30-9-7-6-8-29(30)26-12-10-25(11-13-26)21-39-32-20-28(31-22-38(23-36-31)16-18-41-3)19-24(2)33(32)37-34(39)27-14-15-27/h6-13,19-20,22-23,27H,4-5,14-18,21H2,1-3H3. The Morgan fingerprint density at radius 1 is 1.02 bits per heavy atom. The van der Waals surface area contributed by atoms with Crippen LogP contribution in [0.2, 0.25) is 0 Å². The number of imidazole rings is 2. The van der Waals surface area contributed by atoms with Crippen LogP contribution < -0.4 is 0 Å². The Labute approximate surface area is 247 Å². The molecule has 2 aromatic heterocycles. The van der Waals surface area contributed by atoms with Crippen molar-refractivity contribution in [3.8, 4) is 22.4 Å². The van der Waals surface area contributed by atoms with E-state index in [1.54, 1.807) is 7.11 Å². The first-order chi connectivity index (χ1) is 20.6. The van der Waals surface area contributed by atoms with Crippen LogP contribution >= 0.6 is 0 Å². The van der Waals surface area contributed by atoms with Gasteiger partial charge in [-0.25, -0.2) is 14.8 Å². The van der Waals surface area contributed by atoms with E-state index in [0.29, 0.717) is 24.7 Å². The van der Waals surface area contributed by atoms with Gasteiger partial charge in [0.25, 0.3) is 0 Å². The predicted octanol–water partition coefficient (Wildman–Crippen LogP) is 7.40. The number of carbonyl (C=O) groups is 1. The largest absolute Gasteiger partial charge is 0.462 e. The fourth-order valence-corrected chi connectivity index (χ4v) is 5.48. The van der Waals surface area contributed by atoms with E-state index < -0.39 is 0 Å². The molecule has 0 spiro atoms. The third-order valence-electron chi connectivity index (χ3n) is 7.98. The number of ether oxygens (including phenoxy) is 2. The number of benzene rings is 3. The monoisotopic (exact) mass is 562 g/mol. The van der Waals surface area contributed by atoms with Gasteiger partial charge >= 0.3 is 5.97 Å². The third kappa shape index (κ3) is 5.88. The van der Waals surface area contributed by atoms with Crippen LogP contribution in [0.3, 0.4) is 0 Å². The summed E-state index contributed by atoms with van der Waals surface area (Å²) in [6, 6.07) is 20.6. The molecule has 0 bridgehead atoms. The van der Waals surface area contributed by atoms with Crippen molar-refractivity contribution in [2.24, 2.45) is 0 Å². The molecule has 0 saturated heterocycles. The molecule has 1 aliphatic carbocycles. The first-order valence-corrected chi connectivity index (χ1v) is 14.9. The van der Waals surface area contributed by atoms with Gasteiger partial charge < -0.3 is 18.6 Å². The summed E-state index contributed by atoms with van der Waals surface area (Å²) in [5, 5.41) is 0. The number of fused-ring (bicyclic) bond motifs is 1. The van der Waals surface area contributed by atoms with Gasteiger partial charge in [0, 0.05) is 37.9 Å². The highest BCUT2D eigenvalue weighted by Gasteiger charge is 2.30. The van der Waals surface area contributed by atoms with Gasteiger partial charge in [-0.05, 0) is 66.6 Å². The molecule has 1 saturated carbocycles. The van der Waals surface area contributed by atoms with Crippen molar-refractivity contribution in [2.75, 3.05) is 20.3 Å². The first kappa shape index (κ1) is 27.9. The Bertz CT molecular complexity index is 1700. The van der Waals surface area contributed by atoms with E-state index in [-0.39, 0.29) is 5.97 Å². The van der Waals surface area contributed by atoms with Crippen molar-refractivity contribution in [2.45, 2.75) is 58.5 Å². The first-order valence-electron chi connectivity index (χ1n) is 14.9. The summed E-state index contributed by atoms with van der Waals surface area (Å²) >= 11 is 0. The molecule has 1 aliphatic rings. The molecule has 42 heavy (non-hydrogen) atoms. The molecule has 0 unspecified atom stereocenters. The van der Waals surface area contributed by atoms with E-state index in [0.717, 1.165) is 64.9 Å². The molecule has 1 fully saturated rings. The highest BCUT2D eigenvalue weighted by molar-refractivity contribution is 5.97. The summed E-state index contributed by atoms with van der Waals surface area (Å²) in [4.78, 5) is 22.6. The average molecular weight is 563 g/mol. The number of nitrogens with zero attached hydrogens (tertiary/aromatic N) is 4. The lowest BCUT2D eigenvalue weighted by Gasteiger charge is -2.12. The number of unbranched alkanes of at least 4 members (excludes halogenated alkanes) is 1. The lowest BCUT2D eigenvalue weighted by atomic mass is 9.98. The van der Waals surface area contributed by atoms with E-state index in [9.17, 15) is 4.79 Å². The van der Waals surface area contributed by atoms with Crippen LogP contribution in [0, 0.1) is 6.92 Å². The minimum atomic E-state index is -0.267. The van der Waals surface area contributed by atoms with Gasteiger partial charge in [0.05, 0.1) is 41.8 Å². The van der Waals surface area contributed by atoms with Crippen molar-refractivity contribution in [1.29, 1.82) is 0 Å². The average Bonchev–Trinajstić information content (AvgIpc) is 3.63. The summed E-state index contributed by atoms with van der Waals surface area (Å²) in [7, 11) is 1.71. The Kier molecular flexibility index (Phi) is 8.20. The molecule has 0 N–H and O–H groups in total. The molecule has 0 radical (unpaired) electrons. The minimum Gasteiger partial charge on any atom is -0.462 e. The Balaban J connectivity index is 1.30. The fourth-order valence-electron chi connectivity index (χ4n) is 5.48. The molecule has 7 nitrogen and oxygen atoms in total. The van der Waals surface area contributed by atoms with Gasteiger partial charge in [-0.15, -0.1) is 0 Å². The second kappa shape index (κ2) is 12.3. The van der Waals surface area contributed by atoms with Gasteiger partial charge in [-0.2, -0.15) is 0 Å². The summed E-state index contributed by atoms with van der Waals surface area (Å²) in [6.45, 7) is 6.83. The number of aromatic nitrogens is 4. The zero-order valence-corrected chi connectivity index (χ0v) is 24.7. The van der Waals surface area contributed by atoms with Crippen LogP contribution in [0.25, 0.3) is 33.4 Å². The summed E-state index contributed by atoms with van der Waals surface area (Å²) in [6.07, 6.45) is 8.17. The van der Waals surface area contributed by atoms with Crippen LogP contribution in [0.4, 0.5) is 0 Å². The van der Waals surface area contributed by atoms with Crippen LogP contribution in [0.5, 0.6) is 0 Å². The number of carbonyl (C=O) groups excluding carboxylic acids is 1. The van der Waals surface area contributed by atoms with Crippen LogP contribution in [-0.4, -0.2) is 45.4 Å². The van der Waals surface area contributed by atoms with Gasteiger partial charge in [0.1, 0.15) is 5.82 Å². The number of hydrogen-bond acceptors (Lipinski definition) is 5. The number of esters is 1. The third-order valence-corrected chi connectivity index (χ3v) is 7.98. The van der Waals surface area contributed by atoms with E-state index in [1.807, 2.05) is 30.6 Å². The lowest BCUT2D eigenvalue weighted by molar-refractivity contribution is 0.0500. The van der Waals surface area contributed by atoms with Gasteiger partial charge in [-0.3, -0.25) is 0 Å². The van der Waals surface area contributed by atoms with Crippen molar-refractivity contribution in [3.05, 3.63) is 95.7 Å². The van der Waals surface area contributed by atoms with Crippen LogP contribution in [0.1, 0.15) is 65.8 Å². The van der Waals surface area contributed by atoms with Crippen LogP contribution in [-0.2, 0) is 22.6 Å². The van der Waals surface area contributed by atoms with Gasteiger partial charge in [0.15, 0.2) is 0 Å². The molecule has 7 heteroatoms. The van der Waals surface area contributed by atoms with Crippen LogP contribution in [0.15, 0.2) is 73.2 Å². The maximum atomic E-state index is 12.8. The molecule has 3 aromatic carbocycles. The summed E-state index contributed by atoms with van der Waals surface area (Å²) in [5.41, 5.74) is 9.09. The normalized spacial score (nSPS) is 13.1. The lowest BCUT2D eigenvalue weighted by Crippen LogP contribution is -2.08. The molecule has 0 amide bonds. The number of hydrogen-bond donors (Lipinski definition) is 0. The van der Waals surface area contributed by atoms with E-state index >= 15 is 0 Å². The van der Waals surface area contributed by atoms with E-state index in [2.05, 4.69) is 70.6 Å².